The standard InChI is InChI=1S/C16H34N4O/c1-6-17-16(18-10-13-19(5)14(3)4)20-11-8-15(9-12-20)21-7-2/h14-15H,6-13H2,1-5H3,(H,17,18). The molecule has 5 nitrogen and oxygen atoms in total. The highest BCUT2D eigenvalue weighted by atomic mass is 16.5. The van der Waals surface area contributed by atoms with Gasteiger partial charge in [-0.25, -0.2) is 0 Å². The molecule has 1 heterocycles. The lowest BCUT2D eigenvalue weighted by Crippen LogP contribution is -2.47. The van der Waals surface area contributed by atoms with Crippen molar-refractivity contribution in [2.45, 2.75) is 52.7 Å². The SMILES string of the molecule is CCNC(=NCCN(C)C(C)C)N1CCC(OCC)CC1. The van der Waals surface area contributed by atoms with Crippen LogP contribution in [0.4, 0.5) is 0 Å². The van der Waals surface area contributed by atoms with Gasteiger partial charge in [0.15, 0.2) is 5.96 Å². The van der Waals surface area contributed by atoms with Gasteiger partial charge in [-0.3, -0.25) is 4.99 Å². The summed E-state index contributed by atoms with van der Waals surface area (Å²) in [5, 5.41) is 3.42. The van der Waals surface area contributed by atoms with Crippen molar-refractivity contribution in [1.82, 2.24) is 15.1 Å². The summed E-state index contributed by atoms with van der Waals surface area (Å²) in [6, 6.07) is 0.574. The van der Waals surface area contributed by atoms with E-state index < -0.39 is 0 Å². The number of hydrogen-bond acceptors (Lipinski definition) is 3. The molecule has 0 aromatic rings. The lowest BCUT2D eigenvalue weighted by Gasteiger charge is -2.34. The number of nitrogens with zero attached hydrogens (tertiary/aromatic N) is 3. The Labute approximate surface area is 130 Å². The molecule has 5 heteroatoms. The molecule has 1 saturated heterocycles. The van der Waals surface area contributed by atoms with Crippen LogP contribution < -0.4 is 5.32 Å². The van der Waals surface area contributed by atoms with E-state index in [1.54, 1.807) is 0 Å². The van der Waals surface area contributed by atoms with Crippen molar-refractivity contribution in [2.24, 2.45) is 4.99 Å². The molecule has 0 amide bonds. The summed E-state index contributed by atoms with van der Waals surface area (Å²) >= 11 is 0. The maximum Gasteiger partial charge on any atom is 0.193 e. The van der Waals surface area contributed by atoms with Crippen molar-refractivity contribution >= 4 is 5.96 Å². The van der Waals surface area contributed by atoms with E-state index in [2.05, 4.69) is 49.9 Å². The molecular formula is C16H34N4O. The Balaban J connectivity index is 2.45. The van der Waals surface area contributed by atoms with Gasteiger partial charge < -0.3 is 19.9 Å². The molecular weight excluding hydrogens is 264 g/mol. The molecule has 0 bridgehead atoms. The van der Waals surface area contributed by atoms with E-state index >= 15 is 0 Å². The number of guanidine groups is 1. The molecule has 0 aromatic carbocycles. The Kier molecular flexibility index (Phi) is 8.69. The molecule has 0 spiro atoms. The van der Waals surface area contributed by atoms with Gasteiger partial charge in [-0.1, -0.05) is 0 Å². The average Bonchev–Trinajstić information content (AvgIpc) is 2.47. The molecule has 1 fully saturated rings. The van der Waals surface area contributed by atoms with Crippen molar-refractivity contribution in [1.29, 1.82) is 0 Å². The summed E-state index contributed by atoms with van der Waals surface area (Å²) < 4.78 is 5.72. The molecule has 124 valence electrons. The monoisotopic (exact) mass is 298 g/mol. The third-order valence-electron chi connectivity index (χ3n) is 4.07. The number of rotatable bonds is 7. The summed E-state index contributed by atoms with van der Waals surface area (Å²) in [6.07, 6.45) is 2.63. The van der Waals surface area contributed by atoms with Crippen LogP contribution in [0.25, 0.3) is 0 Å². The largest absolute Gasteiger partial charge is 0.378 e. The van der Waals surface area contributed by atoms with E-state index in [0.717, 1.165) is 58.1 Å². The highest BCUT2D eigenvalue weighted by molar-refractivity contribution is 5.80. The van der Waals surface area contributed by atoms with Crippen molar-refractivity contribution < 1.29 is 4.74 Å². The van der Waals surface area contributed by atoms with Crippen molar-refractivity contribution in [3.63, 3.8) is 0 Å². The predicted octanol–water partition coefficient (Wildman–Crippen LogP) is 1.79. The van der Waals surface area contributed by atoms with Crippen molar-refractivity contribution in [3.05, 3.63) is 0 Å². The Morgan fingerprint density at radius 1 is 1.33 bits per heavy atom. The van der Waals surface area contributed by atoms with E-state index in [4.69, 9.17) is 9.73 Å². The number of aliphatic imine (C=N–C) groups is 1. The smallest absolute Gasteiger partial charge is 0.193 e. The molecule has 1 aliphatic heterocycles. The Morgan fingerprint density at radius 2 is 2.00 bits per heavy atom. The first-order chi connectivity index (χ1) is 10.1. The van der Waals surface area contributed by atoms with E-state index in [1.807, 2.05) is 0 Å². The van der Waals surface area contributed by atoms with Gasteiger partial charge >= 0.3 is 0 Å². The van der Waals surface area contributed by atoms with Gasteiger partial charge in [-0.05, 0) is 47.6 Å². The zero-order valence-corrected chi connectivity index (χ0v) is 14.6. The number of likely N-dealkylation sites (tertiary alicyclic amines) is 1. The van der Waals surface area contributed by atoms with Crippen LogP contribution in [0, 0.1) is 0 Å². The maximum atomic E-state index is 5.72. The number of likely N-dealkylation sites (N-methyl/N-ethyl adjacent to an activating group) is 1. The van der Waals surface area contributed by atoms with Gasteiger partial charge in [-0.2, -0.15) is 0 Å². The van der Waals surface area contributed by atoms with Crippen LogP contribution in [0.15, 0.2) is 4.99 Å². The van der Waals surface area contributed by atoms with Crippen LogP contribution in [-0.2, 0) is 4.74 Å². The summed E-state index contributed by atoms with van der Waals surface area (Å²) in [4.78, 5) is 9.48. The van der Waals surface area contributed by atoms with Gasteiger partial charge in [0.05, 0.1) is 12.6 Å². The average molecular weight is 298 g/mol. The minimum Gasteiger partial charge on any atom is -0.378 e. The fourth-order valence-corrected chi connectivity index (χ4v) is 2.47. The molecule has 0 saturated carbocycles. The van der Waals surface area contributed by atoms with E-state index in [9.17, 15) is 0 Å². The Morgan fingerprint density at radius 3 is 2.52 bits per heavy atom. The van der Waals surface area contributed by atoms with Crippen LogP contribution in [0.5, 0.6) is 0 Å². The third kappa shape index (κ3) is 6.66. The number of hydrogen-bond donors (Lipinski definition) is 1. The first kappa shape index (κ1) is 18.2. The lowest BCUT2D eigenvalue weighted by molar-refractivity contribution is 0.0263. The van der Waals surface area contributed by atoms with E-state index in [1.165, 1.54) is 0 Å². The van der Waals surface area contributed by atoms with Crippen LogP contribution in [0.3, 0.4) is 0 Å². The van der Waals surface area contributed by atoms with Crippen LogP contribution in [0.1, 0.15) is 40.5 Å². The quantitative estimate of drug-likeness (QED) is 0.575. The fourth-order valence-electron chi connectivity index (χ4n) is 2.47. The molecule has 0 atom stereocenters. The first-order valence-electron chi connectivity index (χ1n) is 8.43. The second-order valence-electron chi connectivity index (χ2n) is 5.95. The predicted molar refractivity (Wildman–Crippen MR) is 90.0 cm³/mol. The van der Waals surface area contributed by atoms with Gasteiger partial charge in [0.25, 0.3) is 0 Å². The van der Waals surface area contributed by atoms with Crippen LogP contribution in [-0.4, -0.2) is 74.3 Å². The van der Waals surface area contributed by atoms with Crippen molar-refractivity contribution in [3.8, 4) is 0 Å². The summed E-state index contributed by atoms with van der Waals surface area (Å²) in [6.45, 7) is 14.3. The summed E-state index contributed by atoms with van der Waals surface area (Å²) in [5.41, 5.74) is 0. The van der Waals surface area contributed by atoms with E-state index in [-0.39, 0.29) is 0 Å². The minimum atomic E-state index is 0.432. The zero-order valence-electron chi connectivity index (χ0n) is 14.6. The molecule has 21 heavy (non-hydrogen) atoms. The van der Waals surface area contributed by atoms with Gasteiger partial charge in [0.1, 0.15) is 0 Å². The van der Waals surface area contributed by atoms with Crippen LogP contribution >= 0.6 is 0 Å². The number of nitrogens with one attached hydrogen (secondary N) is 1. The third-order valence-corrected chi connectivity index (χ3v) is 4.07. The molecule has 0 aliphatic carbocycles. The molecule has 1 aliphatic rings. The molecule has 0 unspecified atom stereocenters. The zero-order chi connectivity index (χ0) is 15.7. The van der Waals surface area contributed by atoms with Gasteiger partial charge in [-0.15, -0.1) is 0 Å². The highest BCUT2D eigenvalue weighted by Crippen LogP contribution is 2.13. The maximum absolute atomic E-state index is 5.72. The molecule has 1 N–H and O–H groups in total. The van der Waals surface area contributed by atoms with E-state index in [0.29, 0.717) is 12.1 Å². The second kappa shape index (κ2) is 10.0. The lowest BCUT2D eigenvalue weighted by atomic mass is 10.1. The molecule has 0 radical (unpaired) electrons. The number of ether oxygens (including phenoxy) is 1. The number of piperidine rings is 1. The summed E-state index contributed by atoms with van der Waals surface area (Å²) in [5.74, 6) is 1.06. The second-order valence-corrected chi connectivity index (χ2v) is 5.95. The fraction of sp³-hybridized carbons (Fsp3) is 0.938. The molecule has 1 rings (SSSR count). The van der Waals surface area contributed by atoms with Gasteiger partial charge in [0, 0.05) is 38.8 Å². The molecule has 0 aromatic heterocycles. The Hall–Kier alpha value is -0.810. The Bertz CT molecular complexity index is 299. The van der Waals surface area contributed by atoms with Gasteiger partial charge in [0.2, 0.25) is 0 Å². The normalized spacial score (nSPS) is 17.9. The topological polar surface area (TPSA) is 40.1 Å². The first-order valence-corrected chi connectivity index (χ1v) is 8.43. The summed E-state index contributed by atoms with van der Waals surface area (Å²) in [7, 11) is 2.15. The minimum absolute atomic E-state index is 0.432. The van der Waals surface area contributed by atoms with Crippen molar-refractivity contribution in [2.75, 3.05) is 46.4 Å². The highest BCUT2D eigenvalue weighted by Gasteiger charge is 2.21. The van der Waals surface area contributed by atoms with Crippen LogP contribution in [0.2, 0.25) is 0 Å².